The van der Waals surface area contributed by atoms with Gasteiger partial charge in [-0.25, -0.2) is 4.39 Å². The molecule has 0 fully saturated rings. The van der Waals surface area contributed by atoms with E-state index >= 15 is 0 Å². The van der Waals surface area contributed by atoms with E-state index in [4.69, 9.17) is 5.73 Å². The van der Waals surface area contributed by atoms with Crippen molar-refractivity contribution in [2.24, 2.45) is 0 Å². The molecule has 0 spiro atoms. The second-order valence-corrected chi connectivity index (χ2v) is 5.19. The predicted molar refractivity (Wildman–Crippen MR) is 74.7 cm³/mol. The normalized spacial score (nSPS) is 13.0. The van der Waals surface area contributed by atoms with E-state index in [2.05, 4.69) is 25.1 Å². The molecule has 0 aromatic heterocycles. The van der Waals surface area contributed by atoms with E-state index in [1.54, 1.807) is 6.07 Å². The van der Waals surface area contributed by atoms with Gasteiger partial charge in [0.2, 0.25) is 0 Å². The maximum absolute atomic E-state index is 13.2. The van der Waals surface area contributed by atoms with E-state index in [1.807, 2.05) is 11.8 Å². The summed E-state index contributed by atoms with van der Waals surface area (Å²) in [6.07, 6.45) is 3.19. The molecule has 0 radical (unpaired) electrons. The molecule has 1 atom stereocenters. The molecule has 0 bridgehead atoms. The van der Waals surface area contributed by atoms with Crippen molar-refractivity contribution < 1.29 is 4.39 Å². The minimum absolute atomic E-state index is 0.222. The van der Waals surface area contributed by atoms with Crippen LogP contribution in [0.15, 0.2) is 18.2 Å². The zero-order chi connectivity index (χ0) is 12.8. The number of anilines is 1. The van der Waals surface area contributed by atoms with E-state index in [0.29, 0.717) is 18.3 Å². The molecule has 0 aliphatic carbocycles. The van der Waals surface area contributed by atoms with Crippen LogP contribution in [-0.4, -0.2) is 30.0 Å². The van der Waals surface area contributed by atoms with Crippen molar-refractivity contribution in [2.45, 2.75) is 25.9 Å². The number of thioether (sulfide) groups is 1. The van der Waals surface area contributed by atoms with Crippen molar-refractivity contribution in [1.82, 2.24) is 4.90 Å². The van der Waals surface area contributed by atoms with Gasteiger partial charge in [0.15, 0.2) is 0 Å². The highest BCUT2D eigenvalue weighted by Gasteiger charge is 2.13. The maximum Gasteiger partial charge on any atom is 0.123 e. The molecule has 0 amide bonds. The lowest BCUT2D eigenvalue weighted by atomic mass is 10.1. The van der Waals surface area contributed by atoms with Gasteiger partial charge in [-0.3, -0.25) is 4.90 Å². The van der Waals surface area contributed by atoms with Crippen LogP contribution in [0.5, 0.6) is 0 Å². The van der Waals surface area contributed by atoms with E-state index in [9.17, 15) is 4.39 Å². The second-order valence-electron chi connectivity index (χ2n) is 4.28. The number of hydrogen-bond acceptors (Lipinski definition) is 3. The lowest BCUT2D eigenvalue weighted by Gasteiger charge is -2.27. The van der Waals surface area contributed by atoms with Crippen molar-refractivity contribution in [1.29, 1.82) is 0 Å². The Morgan fingerprint density at radius 3 is 2.76 bits per heavy atom. The van der Waals surface area contributed by atoms with Crippen molar-refractivity contribution in [3.63, 3.8) is 0 Å². The molecule has 1 rings (SSSR count). The largest absolute Gasteiger partial charge is 0.398 e. The van der Waals surface area contributed by atoms with Gasteiger partial charge in [0, 0.05) is 24.0 Å². The van der Waals surface area contributed by atoms with Crippen LogP contribution < -0.4 is 5.73 Å². The number of hydrogen-bond donors (Lipinski definition) is 1. The van der Waals surface area contributed by atoms with E-state index in [0.717, 1.165) is 17.7 Å². The fourth-order valence-corrected chi connectivity index (χ4v) is 2.73. The summed E-state index contributed by atoms with van der Waals surface area (Å²) in [6.45, 7) is 2.87. The summed E-state index contributed by atoms with van der Waals surface area (Å²) >= 11 is 1.83. The van der Waals surface area contributed by atoms with Crippen LogP contribution in [0, 0.1) is 5.82 Å². The highest BCUT2D eigenvalue weighted by molar-refractivity contribution is 7.98. The molecule has 2 nitrogen and oxygen atoms in total. The summed E-state index contributed by atoms with van der Waals surface area (Å²) < 4.78 is 13.2. The third kappa shape index (κ3) is 4.21. The highest BCUT2D eigenvalue weighted by Crippen LogP contribution is 2.18. The number of nitrogens with two attached hydrogens (primary N) is 1. The van der Waals surface area contributed by atoms with Crippen LogP contribution in [0.2, 0.25) is 0 Å². The van der Waals surface area contributed by atoms with Crippen molar-refractivity contribution in [3.8, 4) is 0 Å². The average Bonchev–Trinajstić information content (AvgIpc) is 2.30. The van der Waals surface area contributed by atoms with Crippen LogP contribution >= 0.6 is 11.8 Å². The van der Waals surface area contributed by atoms with Crippen molar-refractivity contribution in [3.05, 3.63) is 29.6 Å². The maximum atomic E-state index is 13.2. The van der Waals surface area contributed by atoms with Crippen LogP contribution in [0.1, 0.15) is 18.9 Å². The summed E-state index contributed by atoms with van der Waals surface area (Å²) in [5, 5.41) is 0. The Bertz CT molecular complexity index is 357. The monoisotopic (exact) mass is 256 g/mol. The molecule has 0 aliphatic heterocycles. The molecule has 1 aromatic carbocycles. The minimum atomic E-state index is -0.222. The first kappa shape index (κ1) is 14.3. The zero-order valence-corrected chi connectivity index (χ0v) is 11.6. The quantitative estimate of drug-likeness (QED) is 0.793. The van der Waals surface area contributed by atoms with Gasteiger partial charge in [-0.2, -0.15) is 11.8 Å². The summed E-state index contributed by atoms with van der Waals surface area (Å²) in [4.78, 5) is 2.24. The summed E-state index contributed by atoms with van der Waals surface area (Å²) in [6, 6.07) is 5.07. The molecule has 0 heterocycles. The first-order valence-electron chi connectivity index (χ1n) is 5.81. The molecule has 2 N–H and O–H groups in total. The third-order valence-electron chi connectivity index (χ3n) is 2.98. The van der Waals surface area contributed by atoms with Crippen LogP contribution in [0.4, 0.5) is 10.1 Å². The van der Waals surface area contributed by atoms with Gasteiger partial charge in [0.1, 0.15) is 5.82 Å². The number of rotatable bonds is 6. The fourth-order valence-electron chi connectivity index (χ4n) is 1.86. The van der Waals surface area contributed by atoms with Crippen LogP contribution in [0.25, 0.3) is 0 Å². The Morgan fingerprint density at radius 2 is 2.18 bits per heavy atom. The number of benzene rings is 1. The van der Waals surface area contributed by atoms with Gasteiger partial charge in [-0.15, -0.1) is 0 Å². The van der Waals surface area contributed by atoms with Gasteiger partial charge >= 0.3 is 0 Å². The molecule has 4 heteroatoms. The van der Waals surface area contributed by atoms with Gasteiger partial charge in [-0.05, 0) is 43.5 Å². The standard InChI is InChI=1S/C13H21FN2S/c1-4-12(9-17-3)16(2)8-10-7-11(14)5-6-13(10)15/h5-7,12H,4,8-9,15H2,1-3H3. The van der Waals surface area contributed by atoms with Gasteiger partial charge in [0.05, 0.1) is 0 Å². The van der Waals surface area contributed by atoms with Crippen LogP contribution in [-0.2, 0) is 6.54 Å². The van der Waals surface area contributed by atoms with Crippen LogP contribution in [0.3, 0.4) is 0 Å². The third-order valence-corrected chi connectivity index (χ3v) is 3.70. The van der Waals surface area contributed by atoms with E-state index < -0.39 is 0 Å². The topological polar surface area (TPSA) is 29.3 Å². The van der Waals surface area contributed by atoms with Crippen molar-refractivity contribution >= 4 is 17.4 Å². The van der Waals surface area contributed by atoms with Gasteiger partial charge in [-0.1, -0.05) is 6.92 Å². The molecule has 0 saturated carbocycles. The number of halogens is 1. The number of nitrogens with zero attached hydrogens (tertiary/aromatic N) is 1. The Morgan fingerprint density at radius 1 is 1.47 bits per heavy atom. The molecule has 96 valence electrons. The Kier molecular flexibility index (Phi) is 5.78. The summed E-state index contributed by atoms with van der Waals surface area (Å²) in [5.41, 5.74) is 7.39. The summed E-state index contributed by atoms with van der Waals surface area (Å²) in [5.74, 6) is 0.864. The van der Waals surface area contributed by atoms with Crippen molar-refractivity contribution in [2.75, 3.05) is 24.8 Å². The van der Waals surface area contributed by atoms with E-state index in [1.165, 1.54) is 12.1 Å². The Hall–Kier alpha value is -0.740. The number of nitrogen functional groups attached to an aromatic ring is 1. The van der Waals surface area contributed by atoms with Gasteiger partial charge < -0.3 is 5.73 Å². The SMILES string of the molecule is CCC(CSC)N(C)Cc1cc(F)ccc1N. The average molecular weight is 256 g/mol. The molecule has 1 unspecified atom stereocenters. The molecule has 0 saturated heterocycles. The minimum Gasteiger partial charge on any atom is -0.398 e. The second kappa shape index (κ2) is 6.87. The molecule has 0 aliphatic rings. The fraction of sp³-hybridized carbons (Fsp3) is 0.538. The first-order valence-corrected chi connectivity index (χ1v) is 7.21. The first-order chi connectivity index (χ1) is 8.08. The summed E-state index contributed by atoms with van der Waals surface area (Å²) in [7, 11) is 2.06. The Balaban J connectivity index is 2.72. The smallest absolute Gasteiger partial charge is 0.123 e. The molecule has 17 heavy (non-hydrogen) atoms. The predicted octanol–water partition coefficient (Wildman–Crippen LogP) is 2.98. The lowest BCUT2D eigenvalue weighted by molar-refractivity contribution is 0.248. The van der Waals surface area contributed by atoms with E-state index in [-0.39, 0.29) is 5.82 Å². The molecular weight excluding hydrogens is 235 g/mol. The lowest BCUT2D eigenvalue weighted by Crippen LogP contribution is -2.32. The zero-order valence-electron chi connectivity index (χ0n) is 10.7. The molecular formula is C13H21FN2S. The van der Waals surface area contributed by atoms with Gasteiger partial charge in [0.25, 0.3) is 0 Å². The highest BCUT2D eigenvalue weighted by atomic mass is 32.2. The Labute approximate surface area is 107 Å². The molecule has 1 aromatic rings.